The number of carbonyl (C=O) groups is 2. The Morgan fingerprint density at radius 3 is 2.48 bits per heavy atom. The predicted molar refractivity (Wildman–Crippen MR) is 128 cm³/mol. The number of hydrogen-bond donors (Lipinski definition) is 2. The summed E-state index contributed by atoms with van der Waals surface area (Å²) in [5.41, 5.74) is 1.26. The Morgan fingerprint density at radius 1 is 1.06 bits per heavy atom. The van der Waals surface area contributed by atoms with Crippen molar-refractivity contribution in [2.45, 2.75) is 45.4 Å². The Labute approximate surface area is 193 Å². The van der Waals surface area contributed by atoms with E-state index in [1.165, 1.54) is 0 Å². The zero-order valence-corrected chi connectivity index (χ0v) is 19.0. The van der Waals surface area contributed by atoms with Crippen molar-refractivity contribution in [1.29, 1.82) is 0 Å². The molecular weight excluding hydrogens is 422 g/mol. The van der Waals surface area contributed by atoms with Gasteiger partial charge in [0.05, 0.1) is 12.2 Å². The molecule has 2 aromatic carbocycles. The molecule has 2 N–H and O–H groups in total. The van der Waals surface area contributed by atoms with Crippen molar-refractivity contribution in [3.05, 3.63) is 50.3 Å². The number of benzene rings is 1. The molecule has 1 saturated carbocycles. The molecule has 1 aliphatic heterocycles. The van der Waals surface area contributed by atoms with Crippen LogP contribution >= 0.6 is 0 Å². The van der Waals surface area contributed by atoms with Gasteiger partial charge in [0.15, 0.2) is 0 Å². The average molecular weight is 454 g/mol. The summed E-state index contributed by atoms with van der Waals surface area (Å²) in [6.45, 7) is 4.36. The van der Waals surface area contributed by atoms with Gasteiger partial charge in [-0.3, -0.25) is 14.4 Å². The van der Waals surface area contributed by atoms with Gasteiger partial charge in [-0.15, -0.1) is 0 Å². The fourth-order valence-corrected chi connectivity index (χ4v) is 4.84. The highest BCUT2D eigenvalue weighted by atomic mass is 16.5. The third-order valence-corrected chi connectivity index (χ3v) is 6.73. The molecule has 2 aliphatic rings. The van der Waals surface area contributed by atoms with Crippen molar-refractivity contribution in [1.82, 2.24) is 0 Å². The summed E-state index contributed by atoms with van der Waals surface area (Å²) in [4.78, 5) is 50.7. The molecule has 0 bridgehead atoms. The van der Waals surface area contributed by atoms with Crippen LogP contribution in [-0.2, 0) is 9.53 Å². The highest BCUT2D eigenvalue weighted by Crippen LogP contribution is 2.31. The number of carbonyl (C=O) groups excluding carboxylic acids is 2. The molecule has 0 atom stereocenters. The molecule has 0 unspecified atom stereocenters. The van der Waals surface area contributed by atoms with E-state index in [4.69, 9.17) is 4.74 Å². The summed E-state index contributed by atoms with van der Waals surface area (Å²) < 4.78 is 5.01. The normalized spacial score (nSPS) is 20.6. The molecule has 1 amide bonds. The molecule has 4 rings (SSSR count). The molecular formula is C25H31N3O5. The molecule has 176 valence electrons. The molecule has 2 aromatic rings. The monoisotopic (exact) mass is 453 g/mol. The van der Waals surface area contributed by atoms with E-state index in [0.717, 1.165) is 51.6 Å². The van der Waals surface area contributed by atoms with E-state index >= 15 is 0 Å². The maximum Gasteiger partial charge on any atom is 0.338 e. The van der Waals surface area contributed by atoms with E-state index in [2.05, 4.69) is 10.6 Å². The van der Waals surface area contributed by atoms with Crippen molar-refractivity contribution in [3.63, 3.8) is 0 Å². The zero-order chi connectivity index (χ0) is 23.4. The first-order chi connectivity index (χ1) is 16.0. The summed E-state index contributed by atoms with van der Waals surface area (Å²) >= 11 is 0. The third kappa shape index (κ3) is 5.10. The fourth-order valence-electron chi connectivity index (χ4n) is 4.84. The summed E-state index contributed by atoms with van der Waals surface area (Å²) in [5, 5.41) is 6.15. The van der Waals surface area contributed by atoms with E-state index in [9.17, 15) is 19.2 Å². The number of anilines is 3. The first-order valence-corrected chi connectivity index (χ1v) is 11.9. The van der Waals surface area contributed by atoms with Crippen LogP contribution in [0.5, 0.6) is 0 Å². The molecule has 8 heteroatoms. The smallest absolute Gasteiger partial charge is 0.338 e. The Balaban J connectivity index is 1.26. The van der Waals surface area contributed by atoms with Crippen LogP contribution < -0.4 is 26.4 Å². The minimum Gasteiger partial charge on any atom is -0.462 e. The number of ether oxygens (including phenoxy) is 1. The van der Waals surface area contributed by atoms with E-state index in [0.29, 0.717) is 41.7 Å². The summed E-state index contributed by atoms with van der Waals surface area (Å²) in [6, 6.07) is 6.78. The van der Waals surface area contributed by atoms with Crippen molar-refractivity contribution >= 4 is 28.9 Å². The minimum absolute atomic E-state index is 0.0405. The van der Waals surface area contributed by atoms with E-state index < -0.39 is 11.4 Å². The molecule has 1 saturated heterocycles. The van der Waals surface area contributed by atoms with Gasteiger partial charge < -0.3 is 20.3 Å². The van der Waals surface area contributed by atoms with E-state index in [1.807, 2.05) is 4.90 Å². The van der Waals surface area contributed by atoms with Gasteiger partial charge in [-0.05, 0) is 69.6 Å². The lowest BCUT2D eigenvalue weighted by Crippen LogP contribution is -2.42. The van der Waals surface area contributed by atoms with Gasteiger partial charge in [-0.2, -0.15) is 0 Å². The van der Waals surface area contributed by atoms with Gasteiger partial charge in [0, 0.05) is 31.2 Å². The van der Waals surface area contributed by atoms with Gasteiger partial charge >= 0.3 is 5.97 Å². The van der Waals surface area contributed by atoms with Crippen LogP contribution in [0, 0.1) is 11.8 Å². The van der Waals surface area contributed by atoms with Gasteiger partial charge in [-0.1, -0.05) is 6.07 Å². The summed E-state index contributed by atoms with van der Waals surface area (Å²) in [7, 11) is 0. The topological polar surface area (TPSA) is 105 Å². The molecule has 8 nitrogen and oxygen atoms in total. The maximum atomic E-state index is 12.7. The second kappa shape index (κ2) is 10.2. The van der Waals surface area contributed by atoms with Gasteiger partial charge in [0.1, 0.15) is 11.4 Å². The number of amides is 1. The number of rotatable bonds is 8. The minimum atomic E-state index is -0.407. The molecule has 0 spiro atoms. The molecule has 33 heavy (non-hydrogen) atoms. The van der Waals surface area contributed by atoms with E-state index in [1.54, 1.807) is 31.2 Å². The number of nitrogens with one attached hydrogen (secondary N) is 2. The lowest BCUT2D eigenvalue weighted by molar-refractivity contribution is -0.121. The van der Waals surface area contributed by atoms with Crippen LogP contribution in [0.15, 0.2) is 33.9 Å². The lowest BCUT2D eigenvalue weighted by atomic mass is 9.81. The molecule has 1 heterocycles. The van der Waals surface area contributed by atoms with Crippen molar-refractivity contribution in [3.8, 4) is 0 Å². The van der Waals surface area contributed by atoms with Crippen LogP contribution in [0.4, 0.5) is 17.1 Å². The van der Waals surface area contributed by atoms with Crippen LogP contribution in [0.3, 0.4) is 0 Å². The predicted octanol–water partition coefficient (Wildman–Crippen LogP) is 2.92. The average Bonchev–Trinajstić information content (AvgIpc) is 3.35. The van der Waals surface area contributed by atoms with Crippen molar-refractivity contribution < 1.29 is 14.3 Å². The standard InChI is InChI=1S/C25H31N3O5/c1-2-33-25(32)18-6-5-7-19(14-18)27-24(31)17-10-8-16(9-11-17)15-26-20-21(23(30)22(20)29)28-12-3-4-13-28/h5-7,14,16-17,26H,2-4,8-13,15H2,1H3,(H,27,31). The Hall–Kier alpha value is -3.16. The molecule has 2 fully saturated rings. The first-order valence-electron chi connectivity index (χ1n) is 11.9. The van der Waals surface area contributed by atoms with E-state index in [-0.39, 0.29) is 17.3 Å². The van der Waals surface area contributed by atoms with Crippen LogP contribution in [0.2, 0.25) is 0 Å². The van der Waals surface area contributed by atoms with Gasteiger partial charge in [0.2, 0.25) is 5.91 Å². The highest BCUT2D eigenvalue weighted by molar-refractivity contribution is 5.95. The summed E-state index contributed by atoms with van der Waals surface area (Å²) in [6.07, 6.45) is 5.39. The molecule has 0 radical (unpaired) electrons. The quantitative estimate of drug-likeness (QED) is 0.468. The van der Waals surface area contributed by atoms with Gasteiger partial charge in [-0.25, -0.2) is 4.79 Å². The number of nitrogens with zero attached hydrogens (tertiary/aromatic N) is 1. The Bertz CT molecular complexity index is 1070. The number of hydrogen-bond acceptors (Lipinski definition) is 7. The third-order valence-electron chi connectivity index (χ3n) is 6.73. The van der Waals surface area contributed by atoms with Crippen molar-refractivity contribution in [2.24, 2.45) is 11.8 Å². The lowest BCUT2D eigenvalue weighted by Gasteiger charge is -2.29. The van der Waals surface area contributed by atoms with Crippen LogP contribution in [0.1, 0.15) is 55.8 Å². The maximum absolute atomic E-state index is 12.7. The molecule has 1 aliphatic carbocycles. The van der Waals surface area contributed by atoms with Gasteiger partial charge in [0.25, 0.3) is 10.9 Å². The first kappa shape index (κ1) is 23.0. The Kier molecular flexibility index (Phi) is 7.11. The van der Waals surface area contributed by atoms with Crippen LogP contribution in [0.25, 0.3) is 0 Å². The SMILES string of the molecule is CCOC(=O)c1cccc(NC(=O)C2CCC(CNc3c(N4CCCC4)c(=O)c3=O)CC2)c1. The fraction of sp³-hybridized carbons (Fsp3) is 0.520. The van der Waals surface area contributed by atoms with Crippen LogP contribution in [-0.4, -0.2) is 38.1 Å². The second-order valence-corrected chi connectivity index (χ2v) is 8.97. The zero-order valence-electron chi connectivity index (χ0n) is 19.0. The molecule has 0 aromatic heterocycles. The number of esters is 1. The Morgan fingerprint density at radius 2 is 1.79 bits per heavy atom. The second-order valence-electron chi connectivity index (χ2n) is 8.97. The highest BCUT2D eigenvalue weighted by Gasteiger charge is 2.30. The van der Waals surface area contributed by atoms with Crippen molar-refractivity contribution in [2.75, 3.05) is 41.8 Å². The summed E-state index contributed by atoms with van der Waals surface area (Å²) in [5.74, 6) is -0.173. The largest absolute Gasteiger partial charge is 0.462 e.